The first-order chi connectivity index (χ1) is 36.4. The Morgan fingerprint density at radius 2 is 1.27 bits per heavy atom. The molecule has 7 rings (SSSR count). The Bertz CT molecular complexity index is 2970. The number of halogens is 6. The fourth-order valence-electron chi connectivity index (χ4n) is 9.10. The number of amides is 4. The summed E-state index contributed by atoms with van der Waals surface area (Å²) in [5.41, 5.74) is -2.58. The van der Waals surface area contributed by atoms with Gasteiger partial charge in [-0.1, -0.05) is 85.4 Å². The van der Waals surface area contributed by atoms with Crippen molar-refractivity contribution in [2.75, 3.05) is 50.4 Å². The fraction of sp³-hybridized carbons (Fsp3) is 0.500. The molecule has 3 aromatic carbocycles. The number of carbonyl (C=O) groups excluding carboxylic acids is 4. The summed E-state index contributed by atoms with van der Waals surface area (Å²) in [6.07, 6.45) is 0.641. The van der Waals surface area contributed by atoms with Crippen molar-refractivity contribution in [3.8, 4) is 23.0 Å². The number of nitrogens with zero attached hydrogens (tertiary/aromatic N) is 4. The molecule has 0 fully saturated rings. The zero-order valence-corrected chi connectivity index (χ0v) is 48.7. The highest BCUT2D eigenvalue weighted by molar-refractivity contribution is 7.87. The summed E-state index contributed by atoms with van der Waals surface area (Å²) in [5.74, 6) is -1.30. The molecule has 18 nitrogen and oxygen atoms in total. The van der Waals surface area contributed by atoms with Crippen LogP contribution in [0.25, 0.3) is 5.57 Å². The minimum atomic E-state index is -6.18. The lowest BCUT2D eigenvalue weighted by Crippen LogP contribution is -2.58. The van der Waals surface area contributed by atoms with E-state index < -0.39 is 94.0 Å². The molecule has 4 aliphatic heterocycles. The third kappa shape index (κ3) is 12.7. The van der Waals surface area contributed by atoms with Crippen molar-refractivity contribution < 1.29 is 77.8 Å². The van der Waals surface area contributed by atoms with Crippen LogP contribution in [0.3, 0.4) is 0 Å². The van der Waals surface area contributed by atoms with E-state index in [1.165, 1.54) is 31.3 Å². The van der Waals surface area contributed by atoms with Crippen LogP contribution >= 0.6 is 34.8 Å². The number of aryl methyl sites for hydroxylation is 1. The van der Waals surface area contributed by atoms with Gasteiger partial charge < -0.3 is 46.8 Å². The molecule has 0 spiro atoms. The van der Waals surface area contributed by atoms with Gasteiger partial charge in [0.2, 0.25) is 3.79 Å². The van der Waals surface area contributed by atoms with Crippen molar-refractivity contribution in [1.82, 2.24) is 9.80 Å². The highest BCUT2D eigenvalue weighted by Crippen LogP contribution is 2.48. The highest BCUT2D eigenvalue weighted by Gasteiger charge is 2.54. The molecular formula is C52H62Cl3F3N4O14SSi. The maximum atomic E-state index is 14.6. The number of anilines is 2. The molecule has 0 radical (unpaired) electrons. The molecule has 0 saturated heterocycles. The van der Waals surface area contributed by atoms with Crippen LogP contribution in [-0.2, 0) is 28.2 Å². The summed E-state index contributed by atoms with van der Waals surface area (Å²) in [6.45, 7) is 14.5. The van der Waals surface area contributed by atoms with Crippen LogP contribution in [0.4, 0.5) is 34.1 Å². The molecule has 426 valence electrons. The van der Waals surface area contributed by atoms with E-state index in [0.717, 1.165) is 32.7 Å². The van der Waals surface area contributed by atoms with Crippen molar-refractivity contribution >= 4 is 94.2 Å². The van der Waals surface area contributed by atoms with Gasteiger partial charge in [-0.05, 0) is 87.9 Å². The van der Waals surface area contributed by atoms with E-state index in [0.29, 0.717) is 37.1 Å². The summed E-state index contributed by atoms with van der Waals surface area (Å²) in [7, 11) is -6.46. The van der Waals surface area contributed by atoms with Gasteiger partial charge in [0.25, 0.3) is 11.8 Å². The molecule has 0 aliphatic carbocycles. The van der Waals surface area contributed by atoms with E-state index in [-0.39, 0.29) is 59.8 Å². The first kappa shape index (κ1) is 60.1. The molecule has 0 saturated carbocycles. The average Bonchev–Trinajstić information content (AvgIpc) is 4.09. The third-order valence-corrected chi connectivity index (χ3v) is 19.9. The second-order valence-corrected chi connectivity index (χ2v) is 29.3. The van der Waals surface area contributed by atoms with E-state index in [9.17, 15) is 40.8 Å². The van der Waals surface area contributed by atoms with Gasteiger partial charge >= 0.3 is 27.8 Å². The van der Waals surface area contributed by atoms with E-state index in [1.807, 2.05) is 78.2 Å². The number of ether oxygens (including phenoxy) is 6. The lowest BCUT2D eigenvalue weighted by molar-refractivity contribution is -0.0523. The first-order valence-corrected chi connectivity index (χ1v) is 30.4. The topological polar surface area (TPSA) is 189 Å². The molecule has 78 heavy (non-hydrogen) atoms. The quantitative estimate of drug-likeness (QED) is 0.0408. The fourth-order valence-corrected chi connectivity index (χ4v) is 11.0. The van der Waals surface area contributed by atoms with Gasteiger partial charge in [0.05, 0.1) is 74.7 Å². The van der Waals surface area contributed by atoms with Crippen molar-refractivity contribution in [2.45, 2.75) is 125 Å². The zero-order chi connectivity index (χ0) is 57.4. The SMILES string of the molecule is CCOC(=O)N1c2cc(OCCCCCOc3cc4c(cc3OC)C(=O)N3C=C(OS(=O)(=O)C(F)(F)F)C[C@H]3[C@H](O[Si](C)(C)C(C)(C)C)N4C(=O)OCC(Cl)(Cl)Cl)c(OC)cc2C(=O)N2C=C(c3ccc(C)cc3)C[C@H]2[C@@H]1C. The number of hydrogen-bond acceptors (Lipinski definition) is 14. The van der Waals surface area contributed by atoms with Crippen molar-refractivity contribution in [3.63, 3.8) is 0 Å². The highest BCUT2D eigenvalue weighted by atomic mass is 35.6. The monoisotopic (exact) mass is 1190 g/mol. The lowest BCUT2D eigenvalue weighted by atomic mass is 9.97. The Morgan fingerprint density at radius 3 is 1.77 bits per heavy atom. The predicted molar refractivity (Wildman–Crippen MR) is 288 cm³/mol. The van der Waals surface area contributed by atoms with E-state index in [2.05, 4.69) is 4.18 Å². The summed E-state index contributed by atoms with van der Waals surface area (Å²) >= 11 is 18.0. The van der Waals surface area contributed by atoms with Gasteiger partial charge in [0, 0.05) is 31.0 Å². The van der Waals surface area contributed by atoms with Gasteiger partial charge in [0.1, 0.15) is 12.4 Å². The van der Waals surface area contributed by atoms with Gasteiger partial charge in [-0.2, -0.15) is 21.6 Å². The second-order valence-electron chi connectivity index (χ2n) is 20.5. The van der Waals surface area contributed by atoms with E-state index >= 15 is 0 Å². The molecule has 26 heteroatoms. The average molecular weight is 1190 g/mol. The van der Waals surface area contributed by atoms with Gasteiger partial charge in [-0.3, -0.25) is 14.5 Å². The first-order valence-electron chi connectivity index (χ1n) is 24.9. The Morgan fingerprint density at radius 1 is 0.744 bits per heavy atom. The van der Waals surface area contributed by atoms with Crippen LogP contribution in [0.15, 0.2) is 66.7 Å². The minimum Gasteiger partial charge on any atom is -0.493 e. The molecule has 0 bridgehead atoms. The molecule has 0 aromatic heterocycles. The predicted octanol–water partition coefficient (Wildman–Crippen LogP) is 11.9. The number of benzene rings is 3. The smallest absolute Gasteiger partial charge is 0.493 e. The molecule has 4 aliphatic rings. The Hall–Kier alpha value is -5.59. The number of rotatable bonds is 17. The number of alkyl halides is 6. The zero-order valence-electron chi connectivity index (χ0n) is 44.6. The van der Waals surface area contributed by atoms with E-state index in [1.54, 1.807) is 24.0 Å². The lowest BCUT2D eigenvalue weighted by Gasteiger charge is -2.44. The van der Waals surface area contributed by atoms with Gasteiger partial charge in [0.15, 0.2) is 37.5 Å². The molecule has 4 amide bonds. The van der Waals surface area contributed by atoms with Crippen LogP contribution in [0, 0.1) is 6.92 Å². The molecule has 0 N–H and O–H groups in total. The third-order valence-electron chi connectivity index (χ3n) is 14.2. The summed E-state index contributed by atoms with van der Waals surface area (Å²) in [4.78, 5) is 62.3. The normalized spacial score (nSPS) is 19.6. The molecule has 3 aromatic rings. The Balaban J connectivity index is 1.12. The van der Waals surface area contributed by atoms with Crippen LogP contribution in [0.2, 0.25) is 18.1 Å². The second kappa shape index (κ2) is 23.2. The van der Waals surface area contributed by atoms with Crippen molar-refractivity contribution in [2.24, 2.45) is 0 Å². The molecular weight excluding hydrogens is 1130 g/mol. The van der Waals surface area contributed by atoms with Crippen LogP contribution < -0.4 is 28.7 Å². The molecule has 4 heterocycles. The summed E-state index contributed by atoms with van der Waals surface area (Å²) in [6, 6.07) is 11.6. The summed E-state index contributed by atoms with van der Waals surface area (Å²) in [5, 5.41) is -0.561. The number of fused-ring (bicyclic) bond motifs is 4. The van der Waals surface area contributed by atoms with Gasteiger partial charge in [-0.25, -0.2) is 14.5 Å². The van der Waals surface area contributed by atoms with Crippen LogP contribution in [-0.4, -0.2) is 125 Å². The number of unbranched alkanes of at least 4 members (excludes halogenated alkanes) is 2. The standard InChI is InChI=1S/C52H62Cl3F3N4O14SSi/c1-11-71-48(65)61-31(3)37-21-33(32-17-15-30(2)16-18-32)27-59(37)45(63)35-23-41(69-7)43(25-38(35)61)72-19-13-12-14-20-73-44-26-39-36(24-42(44)70-8)46(64)60-28-34(75-77(67,68)52(56,57)58)22-40(60)47(76-78(9,10)50(4,5)6)62(39)49(66)74-29-51(53,54)55/h15-18,23-28,31,37,40,47H,11-14,19-22,29H2,1-10H3/t31-,37-,40-,47-/m0/s1. The van der Waals surface area contributed by atoms with Crippen molar-refractivity contribution in [1.29, 1.82) is 0 Å². The number of carbonyl (C=O) groups is 4. The number of hydrogen-bond donors (Lipinski definition) is 0. The minimum absolute atomic E-state index is 0.0165. The Kier molecular flexibility index (Phi) is 17.9. The van der Waals surface area contributed by atoms with Crippen LogP contribution in [0.5, 0.6) is 23.0 Å². The van der Waals surface area contributed by atoms with E-state index in [4.69, 9.17) is 67.7 Å². The largest absolute Gasteiger partial charge is 0.534 e. The number of methoxy groups -OCH3 is 2. The maximum Gasteiger partial charge on any atom is 0.534 e. The van der Waals surface area contributed by atoms with Gasteiger partial charge in [-0.15, -0.1) is 0 Å². The maximum absolute atomic E-state index is 14.6. The van der Waals surface area contributed by atoms with Crippen LogP contribution in [0.1, 0.15) is 98.6 Å². The summed E-state index contributed by atoms with van der Waals surface area (Å²) < 4.78 is 109. The Labute approximate surface area is 467 Å². The van der Waals surface area contributed by atoms with Crippen molar-refractivity contribution in [3.05, 3.63) is 88.9 Å². The molecule has 4 atom stereocenters. The molecule has 0 unspecified atom stereocenters.